The average molecular weight is 339 g/mol. The van der Waals surface area contributed by atoms with Crippen LogP contribution < -0.4 is 0 Å². The first-order valence-corrected chi connectivity index (χ1v) is 9.22. The summed E-state index contributed by atoms with van der Waals surface area (Å²) in [5, 5.41) is 1.18. The fourth-order valence-electron chi connectivity index (χ4n) is 4.27. The summed E-state index contributed by atoms with van der Waals surface area (Å²) in [6.07, 6.45) is 6.26. The summed E-state index contributed by atoms with van der Waals surface area (Å²) in [5.74, 6) is -0.00342. The van der Waals surface area contributed by atoms with E-state index < -0.39 is 0 Å². The lowest BCUT2D eigenvalue weighted by molar-refractivity contribution is -0.132. The van der Waals surface area contributed by atoms with E-state index in [2.05, 4.69) is 4.98 Å². The number of rotatable bonds is 2. The predicted molar refractivity (Wildman–Crippen MR) is 97.7 cm³/mol. The molecular weight excluding hydrogens is 314 g/mol. The number of likely N-dealkylation sites (tertiary alicyclic amines) is 1. The fraction of sp³-hybridized carbons (Fsp3) is 0.500. The van der Waals surface area contributed by atoms with E-state index in [4.69, 9.17) is 0 Å². The Bertz CT molecular complexity index is 837. The molecule has 1 aromatic carbocycles. The number of H-pyrrole nitrogens is 1. The van der Waals surface area contributed by atoms with Gasteiger partial charge >= 0.3 is 0 Å². The summed E-state index contributed by atoms with van der Waals surface area (Å²) in [7, 11) is 3.50. The van der Waals surface area contributed by atoms with Gasteiger partial charge in [-0.15, -0.1) is 0 Å². The summed E-state index contributed by atoms with van der Waals surface area (Å²) >= 11 is 0. The van der Waals surface area contributed by atoms with Gasteiger partial charge in [0.2, 0.25) is 5.91 Å². The zero-order valence-corrected chi connectivity index (χ0v) is 15.0. The van der Waals surface area contributed by atoms with Crippen LogP contribution in [0.4, 0.5) is 0 Å². The summed E-state index contributed by atoms with van der Waals surface area (Å²) < 4.78 is 0. The number of hydrogen-bond acceptors (Lipinski definition) is 2. The molecule has 132 valence electrons. The minimum absolute atomic E-state index is 0.0194. The molecule has 0 bridgehead atoms. The lowest BCUT2D eigenvalue weighted by Gasteiger charge is -2.26. The van der Waals surface area contributed by atoms with E-state index in [9.17, 15) is 9.59 Å². The summed E-state index contributed by atoms with van der Waals surface area (Å²) in [5.41, 5.74) is 4.51. The van der Waals surface area contributed by atoms with Crippen molar-refractivity contribution in [2.75, 3.05) is 20.6 Å². The molecule has 1 fully saturated rings. The topological polar surface area (TPSA) is 56.4 Å². The van der Waals surface area contributed by atoms with Crippen LogP contribution in [0, 0.1) is 0 Å². The number of likely N-dealkylation sites (N-methyl/N-ethyl adjacent to an activating group) is 1. The summed E-state index contributed by atoms with van der Waals surface area (Å²) in [4.78, 5) is 32.3. The standard InChI is InChI=1S/C20H25N3O2/c1-22(2)20(25)18-8-5-11-23(18)19(24)13-9-10-17-15(12-13)14-6-3-4-7-16(14)21-17/h9-10,12,18,21H,3-8,11H2,1-2H3. The van der Waals surface area contributed by atoms with Crippen LogP contribution in [0.2, 0.25) is 0 Å². The van der Waals surface area contributed by atoms with Crippen molar-refractivity contribution in [3.05, 3.63) is 35.0 Å². The van der Waals surface area contributed by atoms with Crippen LogP contribution in [0.5, 0.6) is 0 Å². The second-order valence-corrected chi connectivity index (χ2v) is 7.44. The highest BCUT2D eigenvalue weighted by molar-refractivity contribution is 6.01. The Balaban J connectivity index is 1.67. The summed E-state index contributed by atoms with van der Waals surface area (Å²) in [6, 6.07) is 5.61. The van der Waals surface area contributed by atoms with Gasteiger partial charge in [-0.25, -0.2) is 0 Å². The zero-order chi connectivity index (χ0) is 17.6. The third-order valence-electron chi connectivity index (χ3n) is 5.58. The van der Waals surface area contributed by atoms with Crippen molar-refractivity contribution in [1.29, 1.82) is 0 Å². The quantitative estimate of drug-likeness (QED) is 0.915. The minimum atomic E-state index is -0.321. The molecular formula is C20H25N3O2. The molecule has 0 saturated carbocycles. The lowest BCUT2D eigenvalue weighted by Crippen LogP contribution is -2.45. The average Bonchev–Trinajstić information content (AvgIpc) is 3.24. The molecule has 1 aliphatic heterocycles. The Morgan fingerprint density at radius 2 is 1.96 bits per heavy atom. The van der Waals surface area contributed by atoms with E-state index in [-0.39, 0.29) is 17.9 Å². The van der Waals surface area contributed by atoms with E-state index in [1.54, 1.807) is 23.9 Å². The van der Waals surface area contributed by atoms with Gasteiger partial charge in [-0.05, 0) is 62.3 Å². The molecule has 1 saturated heterocycles. The number of carbonyl (C=O) groups excluding carboxylic acids is 2. The number of fused-ring (bicyclic) bond motifs is 3. The highest BCUT2D eigenvalue weighted by atomic mass is 16.2. The van der Waals surface area contributed by atoms with E-state index in [1.807, 2.05) is 18.2 Å². The molecule has 25 heavy (non-hydrogen) atoms. The molecule has 2 amide bonds. The first-order valence-electron chi connectivity index (χ1n) is 9.22. The Morgan fingerprint density at radius 3 is 2.76 bits per heavy atom. The molecule has 1 unspecified atom stereocenters. The number of aromatic amines is 1. The van der Waals surface area contributed by atoms with Crippen LogP contribution in [-0.2, 0) is 17.6 Å². The number of carbonyl (C=O) groups is 2. The van der Waals surface area contributed by atoms with Gasteiger partial charge in [0.05, 0.1) is 0 Å². The van der Waals surface area contributed by atoms with Gasteiger partial charge in [-0.2, -0.15) is 0 Å². The van der Waals surface area contributed by atoms with Gasteiger partial charge in [-0.3, -0.25) is 9.59 Å². The highest BCUT2D eigenvalue weighted by Crippen LogP contribution is 2.30. The van der Waals surface area contributed by atoms with E-state index in [0.29, 0.717) is 12.1 Å². The number of aryl methyl sites for hydroxylation is 2. The maximum atomic E-state index is 13.1. The number of benzene rings is 1. The van der Waals surface area contributed by atoms with Crippen molar-refractivity contribution < 1.29 is 9.59 Å². The van der Waals surface area contributed by atoms with Crippen molar-refractivity contribution in [2.24, 2.45) is 0 Å². The number of amides is 2. The van der Waals surface area contributed by atoms with Gasteiger partial charge in [0, 0.05) is 42.8 Å². The van der Waals surface area contributed by atoms with Crippen molar-refractivity contribution in [2.45, 2.75) is 44.6 Å². The number of nitrogens with zero attached hydrogens (tertiary/aromatic N) is 2. The molecule has 1 N–H and O–H groups in total. The normalized spacial score (nSPS) is 19.9. The Morgan fingerprint density at radius 1 is 1.16 bits per heavy atom. The molecule has 2 aliphatic rings. The Kier molecular flexibility index (Phi) is 4.02. The minimum Gasteiger partial charge on any atom is -0.358 e. The molecule has 1 aromatic heterocycles. The largest absolute Gasteiger partial charge is 0.358 e. The molecule has 0 radical (unpaired) electrons. The van der Waals surface area contributed by atoms with Gasteiger partial charge < -0.3 is 14.8 Å². The summed E-state index contributed by atoms with van der Waals surface area (Å²) in [6.45, 7) is 0.659. The third kappa shape index (κ3) is 2.71. The fourth-order valence-corrected chi connectivity index (χ4v) is 4.27. The van der Waals surface area contributed by atoms with E-state index >= 15 is 0 Å². The molecule has 0 spiro atoms. The van der Waals surface area contributed by atoms with Gasteiger partial charge in [0.15, 0.2) is 0 Å². The van der Waals surface area contributed by atoms with Crippen LogP contribution >= 0.6 is 0 Å². The first kappa shape index (κ1) is 16.2. The molecule has 1 aliphatic carbocycles. The van der Waals surface area contributed by atoms with Gasteiger partial charge in [0.25, 0.3) is 5.91 Å². The lowest BCUT2D eigenvalue weighted by atomic mass is 9.95. The van der Waals surface area contributed by atoms with Crippen LogP contribution in [0.25, 0.3) is 10.9 Å². The van der Waals surface area contributed by atoms with Crippen LogP contribution in [-0.4, -0.2) is 53.3 Å². The van der Waals surface area contributed by atoms with Crippen molar-refractivity contribution in [3.63, 3.8) is 0 Å². The zero-order valence-electron chi connectivity index (χ0n) is 15.0. The monoisotopic (exact) mass is 339 g/mol. The Hall–Kier alpha value is -2.30. The second-order valence-electron chi connectivity index (χ2n) is 7.44. The van der Waals surface area contributed by atoms with Crippen molar-refractivity contribution >= 4 is 22.7 Å². The molecule has 5 heteroatoms. The maximum absolute atomic E-state index is 13.1. The Labute approximate surface area is 148 Å². The van der Waals surface area contributed by atoms with Crippen LogP contribution in [0.15, 0.2) is 18.2 Å². The van der Waals surface area contributed by atoms with Crippen LogP contribution in [0.3, 0.4) is 0 Å². The van der Waals surface area contributed by atoms with Gasteiger partial charge in [-0.1, -0.05) is 0 Å². The number of aromatic nitrogens is 1. The number of hydrogen-bond donors (Lipinski definition) is 1. The predicted octanol–water partition coefficient (Wildman–Crippen LogP) is 2.74. The molecule has 5 nitrogen and oxygen atoms in total. The SMILES string of the molecule is CN(C)C(=O)C1CCCN1C(=O)c1ccc2[nH]c3c(c2c1)CCCC3. The highest BCUT2D eigenvalue weighted by Gasteiger charge is 2.35. The maximum Gasteiger partial charge on any atom is 0.254 e. The molecule has 2 aromatic rings. The first-order chi connectivity index (χ1) is 12.1. The molecule has 4 rings (SSSR count). The van der Waals surface area contributed by atoms with Gasteiger partial charge in [0.1, 0.15) is 6.04 Å². The third-order valence-corrected chi connectivity index (χ3v) is 5.58. The smallest absolute Gasteiger partial charge is 0.254 e. The van der Waals surface area contributed by atoms with Crippen molar-refractivity contribution in [1.82, 2.24) is 14.8 Å². The van der Waals surface area contributed by atoms with Crippen LogP contribution in [0.1, 0.15) is 47.3 Å². The molecule has 1 atom stereocenters. The van der Waals surface area contributed by atoms with Crippen molar-refractivity contribution in [3.8, 4) is 0 Å². The second kappa shape index (κ2) is 6.21. The van der Waals surface area contributed by atoms with E-state index in [1.165, 1.54) is 29.5 Å². The van der Waals surface area contributed by atoms with E-state index in [0.717, 1.165) is 31.2 Å². The number of nitrogens with one attached hydrogen (secondary N) is 1. The molecule has 2 heterocycles.